The molecule has 10 heavy (non-hydrogen) atoms. The fraction of sp³-hybridized carbons (Fsp3) is 0.667. The molecule has 60 valence electrons. The summed E-state index contributed by atoms with van der Waals surface area (Å²) >= 11 is 1.71. The molecular formula is C6H8F3I. The Morgan fingerprint density at radius 1 is 1.50 bits per heavy atom. The van der Waals surface area contributed by atoms with Crippen LogP contribution in [0.4, 0.5) is 13.2 Å². The minimum atomic E-state index is -4.15. The van der Waals surface area contributed by atoms with E-state index in [1.165, 1.54) is 0 Å². The number of halogens is 4. The van der Waals surface area contributed by atoms with Crippen molar-refractivity contribution in [2.75, 3.05) is 0 Å². The normalized spacial score (nSPS) is 13.9. The molecule has 0 saturated heterocycles. The topological polar surface area (TPSA) is 0 Å². The first-order valence-corrected chi connectivity index (χ1v) is 3.97. The Kier molecular flexibility index (Phi) is 4.31. The van der Waals surface area contributed by atoms with Gasteiger partial charge < -0.3 is 0 Å². The van der Waals surface area contributed by atoms with Crippen LogP contribution in [-0.4, -0.2) is 6.18 Å². The van der Waals surface area contributed by atoms with Crippen LogP contribution in [0.25, 0.3) is 0 Å². The number of allylic oxidation sites excluding steroid dienone is 2. The molecular weight excluding hydrogens is 256 g/mol. The first-order chi connectivity index (χ1) is 4.45. The van der Waals surface area contributed by atoms with E-state index >= 15 is 0 Å². The SMILES string of the molecule is CCCC(I)=CC(F)(F)F. The number of alkyl halides is 3. The van der Waals surface area contributed by atoms with Gasteiger partial charge in [0, 0.05) is 6.08 Å². The zero-order valence-electron chi connectivity index (χ0n) is 5.50. The highest BCUT2D eigenvalue weighted by atomic mass is 127. The van der Waals surface area contributed by atoms with Crippen LogP contribution in [0.15, 0.2) is 9.66 Å². The van der Waals surface area contributed by atoms with Gasteiger partial charge in [0.25, 0.3) is 0 Å². The van der Waals surface area contributed by atoms with Gasteiger partial charge in [-0.05, 0) is 32.6 Å². The Morgan fingerprint density at radius 2 is 2.00 bits per heavy atom. The molecule has 0 radical (unpaired) electrons. The molecule has 0 aromatic rings. The van der Waals surface area contributed by atoms with Crippen molar-refractivity contribution in [3.05, 3.63) is 9.66 Å². The smallest absolute Gasteiger partial charge is 0.167 e. The molecule has 0 atom stereocenters. The molecule has 0 amide bonds. The fourth-order valence-corrected chi connectivity index (χ4v) is 1.38. The van der Waals surface area contributed by atoms with Gasteiger partial charge in [-0.2, -0.15) is 13.2 Å². The largest absolute Gasteiger partial charge is 0.410 e. The molecule has 0 aliphatic heterocycles. The van der Waals surface area contributed by atoms with Crippen molar-refractivity contribution in [2.45, 2.75) is 25.9 Å². The van der Waals surface area contributed by atoms with Crippen molar-refractivity contribution in [3.63, 3.8) is 0 Å². The van der Waals surface area contributed by atoms with E-state index < -0.39 is 6.18 Å². The summed E-state index contributed by atoms with van der Waals surface area (Å²) in [4.78, 5) is 0. The Hall–Kier alpha value is 0.260. The van der Waals surface area contributed by atoms with Gasteiger partial charge in [0.15, 0.2) is 0 Å². The maximum atomic E-state index is 11.5. The average molecular weight is 264 g/mol. The van der Waals surface area contributed by atoms with Gasteiger partial charge in [-0.3, -0.25) is 0 Å². The molecule has 0 nitrogen and oxygen atoms in total. The van der Waals surface area contributed by atoms with Gasteiger partial charge in [-0.15, -0.1) is 0 Å². The van der Waals surface area contributed by atoms with Crippen LogP contribution in [0.3, 0.4) is 0 Å². The first kappa shape index (κ1) is 10.3. The van der Waals surface area contributed by atoms with Crippen LogP contribution in [-0.2, 0) is 0 Å². The minimum Gasteiger partial charge on any atom is -0.167 e. The molecule has 0 unspecified atom stereocenters. The van der Waals surface area contributed by atoms with Crippen LogP contribution >= 0.6 is 22.6 Å². The summed E-state index contributed by atoms with van der Waals surface area (Å²) < 4.78 is 35.0. The summed E-state index contributed by atoms with van der Waals surface area (Å²) in [6.45, 7) is 1.85. The lowest BCUT2D eigenvalue weighted by atomic mass is 10.3. The van der Waals surface area contributed by atoms with Crippen molar-refractivity contribution in [3.8, 4) is 0 Å². The zero-order chi connectivity index (χ0) is 8.20. The minimum absolute atomic E-state index is 0.344. The molecule has 0 N–H and O–H groups in total. The van der Waals surface area contributed by atoms with Crippen LogP contribution in [0.1, 0.15) is 19.8 Å². The summed E-state index contributed by atoms with van der Waals surface area (Å²) in [6, 6.07) is 0. The van der Waals surface area contributed by atoms with E-state index in [1.54, 1.807) is 22.6 Å². The summed E-state index contributed by atoms with van der Waals surface area (Å²) in [5.74, 6) is 0. The Labute approximate surface area is 71.6 Å². The predicted molar refractivity (Wildman–Crippen MR) is 43.1 cm³/mol. The number of rotatable bonds is 2. The van der Waals surface area contributed by atoms with Gasteiger partial charge in [-0.1, -0.05) is 13.3 Å². The Bertz CT molecular complexity index is 125. The molecule has 0 spiro atoms. The van der Waals surface area contributed by atoms with E-state index in [9.17, 15) is 13.2 Å². The second-order valence-corrected chi connectivity index (χ2v) is 3.27. The standard InChI is InChI=1S/C6H8F3I/c1-2-3-5(10)4-6(7,8)9/h4H,2-3H2,1H3. The van der Waals surface area contributed by atoms with Crippen molar-refractivity contribution in [1.29, 1.82) is 0 Å². The third-order valence-electron chi connectivity index (χ3n) is 0.809. The maximum Gasteiger partial charge on any atom is 0.410 e. The fourth-order valence-electron chi connectivity index (χ4n) is 0.489. The molecule has 0 aromatic carbocycles. The molecule has 4 heteroatoms. The highest BCUT2D eigenvalue weighted by Gasteiger charge is 2.23. The van der Waals surface area contributed by atoms with Crippen LogP contribution in [0, 0.1) is 0 Å². The molecule has 0 rings (SSSR count). The van der Waals surface area contributed by atoms with Crippen LogP contribution < -0.4 is 0 Å². The van der Waals surface area contributed by atoms with Gasteiger partial charge >= 0.3 is 6.18 Å². The van der Waals surface area contributed by atoms with Crippen LogP contribution in [0.5, 0.6) is 0 Å². The van der Waals surface area contributed by atoms with E-state index in [2.05, 4.69) is 0 Å². The molecule has 0 bridgehead atoms. The van der Waals surface area contributed by atoms with E-state index in [1.807, 2.05) is 6.92 Å². The lowest BCUT2D eigenvalue weighted by molar-refractivity contribution is -0.0801. The van der Waals surface area contributed by atoms with Gasteiger partial charge in [0.2, 0.25) is 0 Å². The van der Waals surface area contributed by atoms with E-state index in [0.717, 1.165) is 6.42 Å². The van der Waals surface area contributed by atoms with Gasteiger partial charge in [0.1, 0.15) is 0 Å². The Balaban J connectivity index is 3.90. The van der Waals surface area contributed by atoms with E-state index in [0.29, 0.717) is 16.1 Å². The zero-order valence-corrected chi connectivity index (χ0v) is 7.66. The summed E-state index contributed by atoms with van der Waals surface area (Å²) in [5.41, 5.74) is 0. The summed E-state index contributed by atoms with van der Waals surface area (Å²) in [6.07, 6.45) is -2.53. The highest BCUT2D eigenvalue weighted by Crippen LogP contribution is 2.23. The molecule has 0 aromatic heterocycles. The third-order valence-corrected chi connectivity index (χ3v) is 1.66. The molecule has 0 fully saturated rings. The quantitative estimate of drug-likeness (QED) is 0.667. The van der Waals surface area contributed by atoms with Crippen molar-refractivity contribution in [1.82, 2.24) is 0 Å². The number of hydrogen-bond acceptors (Lipinski definition) is 0. The summed E-state index contributed by atoms with van der Waals surface area (Å²) in [7, 11) is 0. The summed E-state index contributed by atoms with van der Waals surface area (Å²) in [5, 5.41) is 0. The van der Waals surface area contributed by atoms with Crippen molar-refractivity contribution < 1.29 is 13.2 Å². The number of hydrogen-bond donors (Lipinski definition) is 0. The molecule has 0 aliphatic carbocycles. The monoisotopic (exact) mass is 264 g/mol. The molecule has 0 heterocycles. The van der Waals surface area contributed by atoms with E-state index in [4.69, 9.17) is 0 Å². The molecule has 0 saturated carbocycles. The lowest BCUT2D eigenvalue weighted by Gasteiger charge is -1.99. The van der Waals surface area contributed by atoms with Gasteiger partial charge in [0.05, 0.1) is 0 Å². The predicted octanol–water partition coefficient (Wildman–Crippen LogP) is 3.67. The third kappa shape index (κ3) is 6.38. The second kappa shape index (κ2) is 4.20. The maximum absolute atomic E-state index is 11.5. The van der Waals surface area contributed by atoms with Crippen molar-refractivity contribution in [2.24, 2.45) is 0 Å². The Morgan fingerprint density at radius 3 is 2.30 bits per heavy atom. The molecule has 0 aliphatic rings. The van der Waals surface area contributed by atoms with Crippen LogP contribution in [0.2, 0.25) is 0 Å². The van der Waals surface area contributed by atoms with Crippen molar-refractivity contribution >= 4 is 22.6 Å². The first-order valence-electron chi connectivity index (χ1n) is 2.89. The van der Waals surface area contributed by atoms with E-state index in [-0.39, 0.29) is 0 Å². The lowest BCUT2D eigenvalue weighted by Crippen LogP contribution is -2.01. The highest BCUT2D eigenvalue weighted by molar-refractivity contribution is 14.1. The average Bonchev–Trinajstić information content (AvgIpc) is 1.59. The van der Waals surface area contributed by atoms with Gasteiger partial charge in [-0.25, -0.2) is 0 Å². The second-order valence-electron chi connectivity index (χ2n) is 1.88.